The van der Waals surface area contributed by atoms with Gasteiger partial charge < -0.3 is 9.84 Å². The third-order valence-electron chi connectivity index (χ3n) is 1.69. The van der Waals surface area contributed by atoms with Gasteiger partial charge in [0.25, 0.3) is 5.91 Å². The molecule has 15 heavy (non-hydrogen) atoms. The third-order valence-corrected chi connectivity index (χ3v) is 3.03. The molecule has 2 aromatic rings. The first-order chi connectivity index (χ1) is 7.16. The number of hydrogen-bond acceptors (Lipinski definition) is 4. The predicted molar refractivity (Wildman–Crippen MR) is 58.5 cm³/mol. The minimum absolute atomic E-state index is 0.275. The molecule has 4 nitrogen and oxygen atoms in total. The van der Waals surface area contributed by atoms with Crippen LogP contribution in [0.1, 0.15) is 15.4 Å². The molecule has 0 aliphatic heterocycles. The Hall–Kier alpha value is -1.33. The lowest BCUT2D eigenvalue weighted by Crippen LogP contribution is -2.10. The Morgan fingerprint density at radius 3 is 3.00 bits per heavy atom. The molecular formula is C9H7ClN2O2S. The number of anilines is 1. The van der Waals surface area contributed by atoms with Crippen molar-refractivity contribution in [3.63, 3.8) is 0 Å². The smallest absolute Gasteiger partial charge is 0.268 e. The van der Waals surface area contributed by atoms with Crippen LogP contribution in [0.5, 0.6) is 0 Å². The number of nitrogens with zero attached hydrogens (tertiary/aromatic N) is 1. The van der Waals surface area contributed by atoms with Crippen LogP contribution in [-0.2, 0) is 0 Å². The molecule has 0 saturated carbocycles. The fourth-order valence-electron chi connectivity index (χ4n) is 1.05. The summed E-state index contributed by atoms with van der Waals surface area (Å²) in [4.78, 5) is 12.1. The van der Waals surface area contributed by atoms with Crippen molar-refractivity contribution >= 4 is 34.7 Å². The lowest BCUT2D eigenvalue weighted by atomic mass is 10.4. The molecule has 0 radical (unpaired) electrons. The molecule has 1 N–H and O–H groups in total. The molecule has 0 aromatic carbocycles. The van der Waals surface area contributed by atoms with E-state index in [0.29, 0.717) is 21.5 Å². The minimum atomic E-state index is -0.275. The van der Waals surface area contributed by atoms with Gasteiger partial charge in [0.1, 0.15) is 10.6 Å². The maximum Gasteiger partial charge on any atom is 0.268 e. The number of carbonyl (C=O) groups excluding carboxylic acids is 1. The van der Waals surface area contributed by atoms with E-state index in [0.717, 1.165) is 0 Å². The molecule has 0 fully saturated rings. The van der Waals surface area contributed by atoms with Gasteiger partial charge in [0.15, 0.2) is 5.82 Å². The van der Waals surface area contributed by atoms with Gasteiger partial charge in [0, 0.05) is 6.07 Å². The van der Waals surface area contributed by atoms with Crippen LogP contribution >= 0.6 is 22.9 Å². The van der Waals surface area contributed by atoms with Crippen LogP contribution in [0, 0.1) is 6.92 Å². The van der Waals surface area contributed by atoms with Gasteiger partial charge >= 0.3 is 0 Å². The topological polar surface area (TPSA) is 55.1 Å². The van der Waals surface area contributed by atoms with E-state index in [1.165, 1.54) is 11.3 Å². The van der Waals surface area contributed by atoms with Crippen LogP contribution in [0.25, 0.3) is 0 Å². The summed E-state index contributed by atoms with van der Waals surface area (Å²) >= 11 is 7.09. The first-order valence-electron chi connectivity index (χ1n) is 4.14. The van der Waals surface area contributed by atoms with Crippen molar-refractivity contribution < 1.29 is 9.32 Å². The number of amides is 1. The highest BCUT2D eigenvalue weighted by Crippen LogP contribution is 2.22. The average Bonchev–Trinajstić information content (AvgIpc) is 2.75. The van der Waals surface area contributed by atoms with E-state index < -0.39 is 0 Å². The largest absolute Gasteiger partial charge is 0.360 e. The standard InChI is InChI=1S/C9H7ClN2O2S/c1-5-4-7(12-14-5)11-9(13)8-6(10)2-3-15-8/h2-4H,1H3,(H,11,12,13). The van der Waals surface area contributed by atoms with Gasteiger partial charge in [-0.25, -0.2) is 0 Å². The second kappa shape index (κ2) is 4.04. The summed E-state index contributed by atoms with van der Waals surface area (Å²) in [6, 6.07) is 3.31. The number of nitrogens with one attached hydrogen (secondary N) is 1. The second-order valence-electron chi connectivity index (χ2n) is 2.87. The Bertz CT molecular complexity index is 492. The van der Waals surface area contributed by atoms with Gasteiger partial charge in [-0.15, -0.1) is 11.3 Å². The molecule has 0 bridgehead atoms. The Labute approximate surface area is 94.8 Å². The number of aromatic nitrogens is 1. The maximum atomic E-state index is 11.6. The van der Waals surface area contributed by atoms with Crippen LogP contribution < -0.4 is 5.32 Å². The van der Waals surface area contributed by atoms with Crippen molar-refractivity contribution in [2.24, 2.45) is 0 Å². The van der Waals surface area contributed by atoms with Crippen LogP contribution in [0.2, 0.25) is 5.02 Å². The molecule has 2 heterocycles. The highest BCUT2D eigenvalue weighted by Gasteiger charge is 2.13. The van der Waals surface area contributed by atoms with Gasteiger partial charge in [-0.2, -0.15) is 0 Å². The number of carbonyl (C=O) groups is 1. The number of hydrogen-bond donors (Lipinski definition) is 1. The second-order valence-corrected chi connectivity index (χ2v) is 4.20. The van der Waals surface area contributed by atoms with E-state index in [1.807, 2.05) is 0 Å². The summed E-state index contributed by atoms with van der Waals surface area (Å²) in [6.45, 7) is 1.75. The Morgan fingerprint density at radius 1 is 1.67 bits per heavy atom. The molecule has 0 unspecified atom stereocenters. The molecule has 78 valence electrons. The fourth-order valence-corrected chi connectivity index (χ4v) is 2.09. The number of rotatable bonds is 2. The SMILES string of the molecule is Cc1cc(NC(=O)c2sccc2Cl)no1. The monoisotopic (exact) mass is 242 g/mol. The molecule has 0 atom stereocenters. The summed E-state index contributed by atoms with van der Waals surface area (Å²) in [6.07, 6.45) is 0. The predicted octanol–water partition coefficient (Wildman–Crippen LogP) is 2.95. The lowest BCUT2D eigenvalue weighted by Gasteiger charge is -1.97. The third kappa shape index (κ3) is 2.19. The van der Waals surface area contributed by atoms with Crippen LogP contribution in [0.15, 0.2) is 22.0 Å². The molecule has 0 aliphatic carbocycles. The van der Waals surface area contributed by atoms with E-state index in [1.54, 1.807) is 24.4 Å². The van der Waals surface area contributed by atoms with Crippen LogP contribution in [0.4, 0.5) is 5.82 Å². The van der Waals surface area contributed by atoms with E-state index in [-0.39, 0.29) is 5.91 Å². The zero-order valence-electron chi connectivity index (χ0n) is 7.78. The quantitative estimate of drug-likeness (QED) is 0.881. The Kier molecular flexibility index (Phi) is 2.75. The number of aryl methyl sites for hydroxylation is 1. The molecule has 6 heteroatoms. The maximum absolute atomic E-state index is 11.6. The molecule has 2 rings (SSSR count). The van der Waals surface area contributed by atoms with Gasteiger partial charge in [0.05, 0.1) is 5.02 Å². The van der Waals surface area contributed by atoms with E-state index in [4.69, 9.17) is 16.1 Å². The Balaban J connectivity index is 2.14. The number of thiophene rings is 1. The fraction of sp³-hybridized carbons (Fsp3) is 0.111. The van der Waals surface area contributed by atoms with E-state index in [2.05, 4.69) is 10.5 Å². The normalized spacial score (nSPS) is 10.3. The minimum Gasteiger partial charge on any atom is -0.360 e. The van der Waals surface area contributed by atoms with Gasteiger partial charge in [0.2, 0.25) is 0 Å². The molecule has 0 spiro atoms. The first kappa shape index (κ1) is 10.2. The first-order valence-corrected chi connectivity index (χ1v) is 5.40. The Morgan fingerprint density at radius 2 is 2.47 bits per heavy atom. The van der Waals surface area contributed by atoms with Crippen molar-refractivity contribution in [3.8, 4) is 0 Å². The highest BCUT2D eigenvalue weighted by atomic mass is 35.5. The average molecular weight is 243 g/mol. The molecule has 1 amide bonds. The zero-order valence-corrected chi connectivity index (χ0v) is 9.35. The van der Waals surface area contributed by atoms with Crippen molar-refractivity contribution in [3.05, 3.63) is 33.2 Å². The highest BCUT2D eigenvalue weighted by molar-refractivity contribution is 7.12. The van der Waals surface area contributed by atoms with Crippen molar-refractivity contribution in [1.82, 2.24) is 5.16 Å². The summed E-state index contributed by atoms with van der Waals surface area (Å²) in [5.41, 5.74) is 0. The zero-order chi connectivity index (χ0) is 10.8. The summed E-state index contributed by atoms with van der Waals surface area (Å²) < 4.78 is 4.82. The molecule has 0 saturated heterocycles. The summed E-state index contributed by atoms with van der Waals surface area (Å²) in [7, 11) is 0. The van der Waals surface area contributed by atoms with Crippen molar-refractivity contribution in [1.29, 1.82) is 0 Å². The van der Waals surface area contributed by atoms with E-state index in [9.17, 15) is 4.79 Å². The van der Waals surface area contributed by atoms with Gasteiger partial charge in [-0.3, -0.25) is 4.79 Å². The lowest BCUT2D eigenvalue weighted by molar-refractivity contribution is 0.103. The van der Waals surface area contributed by atoms with Crippen molar-refractivity contribution in [2.45, 2.75) is 6.92 Å². The van der Waals surface area contributed by atoms with Crippen LogP contribution in [-0.4, -0.2) is 11.1 Å². The summed E-state index contributed by atoms with van der Waals surface area (Å²) in [5.74, 6) is 0.757. The van der Waals surface area contributed by atoms with Crippen LogP contribution in [0.3, 0.4) is 0 Å². The number of halogens is 1. The summed E-state index contributed by atoms with van der Waals surface area (Å²) in [5, 5.41) is 8.44. The van der Waals surface area contributed by atoms with Gasteiger partial charge in [-0.1, -0.05) is 16.8 Å². The molecule has 2 aromatic heterocycles. The van der Waals surface area contributed by atoms with Crippen molar-refractivity contribution in [2.75, 3.05) is 5.32 Å². The molecule has 0 aliphatic rings. The van der Waals surface area contributed by atoms with E-state index >= 15 is 0 Å². The molecular weight excluding hydrogens is 236 g/mol. The van der Waals surface area contributed by atoms with Gasteiger partial charge in [-0.05, 0) is 18.4 Å².